The third-order valence-corrected chi connectivity index (χ3v) is 4.62. The molecule has 6 nitrogen and oxygen atoms in total. The van der Waals surface area contributed by atoms with Crippen LogP contribution in [0, 0.1) is 0 Å². The van der Waals surface area contributed by atoms with E-state index in [1.54, 1.807) is 37.7 Å². The van der Waals surface area contributed by atoms with E-state index in [1.165, 1.54) is 6.08 Å². The van der Waals surface area contributed by atoms with Gasteiger partial charge in [-0.05, 0) is 41.3 Å². The van der Waals surface area contributed by atoms with Gasteiger partial charge in [-0.3, -0.25) is 9.48 Å². The van der Waals surface area contributed by atoms with E-state index in [9.17, 15) is 4.79 Å². The van der Waals surface area contributed by atoms with Gasteiger partial charge < -0.3 is 14.8 Å². The molecule has 0 radical (unpaired) electrons. The van der Waals surface area contributed by atoms with Crippen molar-refractivity contribution in [3.63, 3.8) is 0 Å². The van der Waals surface area contributed by atoms with Crippen LogP contribution in [0.5, 0.6) is 11.5 Å². The quantitative estimate of drug-likeness (QED) is 0.605. The molecular formula is C20H21N3O3S. The molecule has 0 atom stereocenters. The summed E-state index contributed by atoms with van der Waals surface area (Å²) in [5.41, 5.74) is 2.91. The van der Waals surface area contributed by atoms with Crippen LogP contribution in [-0.2, 0) is 11.3 Å². The van der Waals surface area contributed by atoms with Gasteiger partial charge in [-0.25, -0.2) is 0 Å². The van der Waals surface area contributed by atoms with Crippen LogP contribution in [0.1, 0.15) is 5.56 Å². The Morgan fingerprint density at radius 1 is 1.22 bits per heavy atom. The molecule has 0 bridgehead atoms. The Hall–Kier alpha value is -3.06. The number of nitrogens with zero attached hydrogens (tertiary/aromatic N) is 2. The molecule has 2 heterocycles. The molecule has 140 valence electrons. The first-order valence-corrected chi connectivity index (χ1v) is 9.38. The maximum absolute atomic E-state index is 12.0. The van der Waals surface area contributed by atoms with Crippen LogP contribution in [0.4, 0.5) is 0 Å². The molecule has 0 unspecified atom stereocenters. The van der Waals surface area contributed by atoms with Crippen LogP contribution in [0.2, 0.25) is 0 Å². The average molecular weight is 383 g/mol. The molecule has 0 saturated heterocycles. The summed E-state index contributed by atoms with van der Waals surface area (Å²) in [6.45, 7) is 1.11. The van der Waals surface area contributed by atoms with Gasteiger partial charge in [0, 0.05) is 29.8 Å². The fourth-order valence-corrected chi connectivity index (χ4v) is 3.18. The Labute approximate surface area is 162 Å². The smallest absolute Gasteiger partial charge is 0.244 e. The highest BCUT2D eigenvalue weighted by Gasteiger charge is 2.04. The first-order chi connectivity index (χ1) is 13.2. The Balaban J connectivity index is 1.49. The number of hydrogen-bond acceptors (Lipinski definition) is 5. The van der Waals surface area contributed by atoms with Crippen LogP contribution in [0.25, 0.3) is 17.3 Å². The molecule has 3 aromatic rings. The van der Waals surface area contributed by atoms with Gasteiger partial charge in [0.05, 0.1) is 26.5 Å². The van der Waals surface area contributed by atoms with E-state index in [-0.39, 0.29) is 5.91 Å². The summed E-state index contributed by atoms with van der Waals surface area (Å²) in [6.07, 6.45) is 5.15. The Kier molecular flexibility index (Phi) is 6.27. The highest BCUT2D eigenvalue weighted by atomic mass is 32.1. The van der Waals surface area contributed by atoms with E-state index < -0.39 is 0 Å². The van der Waals surface area contributed by atoms with Crippen molar-refractivity contribution >= 4 is 23.3 Å². The van der Waals surface area contributed by atoms with Crippen molar-refractivity contribution in [2.45, 2.75) is 6.54 Å². The third-order valence-electron chi connectivity index (χ3n) is 3.93. The molecule has 0 aliphatic carbocycles. The molecule has 2 aromatic heterocycles. The lowest BCUT2D eigenvalue weighted by atomic mass is 10.2. The van der Waals surface area contributed by atoms with Gasteiger partial charge >= 0.3 is 0 Å². The van der Waals surface area contributed by atoms with E-state index >= 15 is 0 Å². The molecule has 0 spiro atoms. The molecule has 0 saturated carbocycles. The summed E-state index contributed by atoms with van der Waals surface area (Å²) in [5, 5.41) is 11.5. The Morgan fingerprint density at radius 3 is 2.81 bits per heavy atom. The molecular weight excluding hydrogens is 362 g/mol. The fraction of sp³-hybridized carbons (Fsp3) is 0.200. The lowest BCUT2D eigenvalue weighted by Crippen LogP contribution is -2.25. The van der Waals surface area contributed by atoms with Gasteiger partial charge in [0.2, 0.25) is 5.91 Å². The monoisotopic (exact) mass is 383 g/mol. The van der Waals surface area contributed by atoms with Gasteiger partial charge in [-0.1, -0.05) is 6.07 Å². The predicted molar refractivity (Wildman–Crippen MR) is 107 cm³/mol. The molecule has 0 aliphatic rings. The Morgan fingerprint density at radius 2 is 2.07 bits per heavy atom. The molecule has 1 aromatic carbocycles. The van der Waals surface area contributed by atoms with Crippen LogP contribution in [0.15, 0.2) is 53.4 Å². The molecule has 7 heteroatoms. The summed E-state index contributed by atoms with van der Waals surface area (Å²) < 4.78 is 12.3. The molecule has 0 fully saturated rings. The van der Waals surface area contributed by atoms with Crippen molar-refractivity contribution in [1.82, 2.24) is 15.1 Å². The van der Waals surface area contributed by atoms with E-state index in [2.05, 4.69) is 15.8 Å². The van der Waals surface area contributed by atoms with Crippen LogP contribution >= 0.6 is 11.3 Å². The van der Waals surface area contributed by atoms with Crippen LogP contribution in [0.3, 0.4) is 0 Å². The number of amides is 1. The second kappa shape index (κ2) is 9.05. The molecule has 0 aliphatic heterocycles. The number of thiophene rings is 1. The number of carbonyl (C=O) groups is 1. The third kappa shape index (κ3) is 4.98. The number of benzene rings is 1. The topological polar surface area (TPSA) is 65.4 Å². The average Bonchev–Trinajstić information content (AvgIpc) is 3.37. The largest absolute Gasteiger partial charge is 0.493 e. The SMILES string of the molecule is COc1ccc(/C=C/C(=O)NCCn2ccc(-c3ccsc3)n2)cc1OC. The number of aromatic nitrogens is 2. The van der Waals surface area contributed by atoms with Crippen molar-refractivity contribution in [3.05, 3.63) is 58.9 Å². The minimum absolute atomic E-state index is 0.157. The van der Waals surface area contributed by atoms with Crippen LogP contribution in [-0.4, -0.2) is 36.5 Å². The standard InChI is InChI=1S/C20H21N3O3S/c1-25-18-5-3-15(13-19(18)26-2)4-6-20(24)21-9-11-23-10-7-17(22-23)16-8-12-27-14-16/h3-8,10,12-14H,9,11H2,1-2H3,(H,21,24)/b6-4+. The second-order valence-electron chi connectivity index (χ2n) is 5.71. The van der Waals surface area contributed by atoms with Gasteiger partial charge in [-0.2, -0.15) is 16.4 Å². The summed E-state index contributed by atoms with van der Waals surface area (Å²) in [4.78, 5) is 12.0. The minimum atomic E-state index is -0.157. The zero-order valence-corrected chi connectivity index (χ0v) is 16.0. The van der Waals surface area contributed by atoms with Gasteiger partial charge in [0.1, 0.15) is 0 Å². The number of methoxy groups -OCH3 is 2. The number of carbonyl (C=O) groups excluding carboxylic acids is 1. The lowest BCUT2D eigenvalue weighted by Gasteiger charge is -2.07. The summed E-state index contributed by atoms with van der Waals surface area (Å²) in [7, 11) is 3.17. The van der Waals surface area contributed by atoms with Gasteiger partial charge in [-0.15, -0.1) is 0 Å². The summed E-state index contributed by atoms with van der Waals surface area (Å²) >= 11 is 1.64. The van der Waals surface area contributed by atoms with Crippen molar-refractivity contribution in [3.8, 4) is 22.8 Å². The highest BCUT2D eigenvalue weighted by molar-refractivity contribution is 7.08. The molecule has 1 amide bonds. The number of nitrogens with one attached hydrogen (secondary N) is 1. The van der Waals surface area contributed by atoms with Crippen LogP contribution < -0.4 is 14.8 Å². The number of hydrogen-bond donors (Lipinski definition) is 1. The lowest BCUT2D eigenvalue weighted by molar-refractivity contribution is -0.116. The number of ether oxygens (including phenoxy) is 2. The molecule has 27 heavy (non-hydrogen) atoms. The van der Waals surface area contributed by atoms with Crippen molar-refractivity contribution in [2.24, 2.45) is 0 Å². The van der Waals surface area contributed by atoms with E-state index in [0.717, 1.165) is 16.8 Å². The molecule has 1 N–H and O–H groups in total. The zero-order chi connectivity index (χ0) is 19.1. The van der Waals surface area contributed by atoms with Gasteiger partial charge in [0.25, 0.3) is 0 Å². The first-order valence-electron chi connectivity index (χ1n) is 8.43. The van der Waals surface area contributed by atoms with E-state index in [4.69, 9.17) is 9.47 Å². The van der Waals surface area contributed by atoms with E-state index in [1.807, 2.05) is 40.5 Å². The van der Waals surface area contributed by atoms with E-state index in [0.29, 0.717) is 24.6 Å². The van der Waals surface area contributed by atoms with Crippen molar-refractivity contribution in [1.29, 1.82) is 0 Å². The summed E-state index contributed by atoms with van der Waals surface area (Å²) in [5.74, 6) is 1.12. The second-order valence-corrected chi connectivity index (χ2v) is 6.49. The summed E-state index contributed by atoms with van der Waals surface area (Å²) in [6, 6.07) is 9.50. The first kappa shape index (κ1) is 18.7. The maximum atomic E-state index is 12.0. The number of rotatable bonds is 8. The maximum Gasteiger partial charge on any atom is 0.244 e. The minimum Gasteiger partial charge on any atom is -0.493 e. The van der Waals surface area contributed by atoms with Crippen molar-refractivity contribution in [2.75, 3.05) is 20.8 Å². The molecule has 3 rings (SSSR count). The highest BCUT2D eigenvalue weighted by Crippen LogP contribution is 2.27. The zero-order valence-electron chi connectivity index (χ0n) is 15.2. The van der Waals surface area contributed by atoms with Crippen molar-refractivity contribution < 1.29 is 14.3 Å². The normalized spacial score (nSPS) is 10.9. The fourth-order valence-electron chi connectivity index (χ4n) is 2.53. The predicted octanol–water partition coefficient (Wildman–Crippen LogP) is 3.46. The Bertz CT molecular complexity index is 916. The van der Waals surface area contributed by atoms with Gasteiger partial charge in [0.15, 0.2) is 11.5 Å².